The lowest BCUT2D eigenvalue weighted by atomic mass is 10.1. The first kappa shape index (κ1) is 17.3. The molecule has 2 amide bonds. The van der Waals surface area contributed by atoms with Crippen molar-refractivity contribution < 1.29 is 9.59 Å². The fraction of sp³-hybridized carbons (Fsp3) is 0.294. The minimum atomic E-state index is -0.426. The van der Waals surface area contributed by atoms with E-state index in [4.69, 9.17) is 0 Å². The third-order valence-electron chi connectivity index (χ3n) is 3.90. The van der Waals surface area contributed by atoms with Crippen molar-refractivity contribution in [1.29, 1.82) is 0 Å². The van der Waals surface area contributed by atoms with Crippen molar-refractivity contribution in [2.45, 2.75) is 20.3 Å². The van der Waals surface area contributed by atoms with E-state index in [9.17, 15) is 9.59 Å². The average molecular weight is 404 g/mol. The average Bonchev–Trinajstić information content (AvgIpc) is 2.94. The molecular weight excluding hydrogens is 386 g/mol. The van der Waals surface area contributed by atoms with Crippen LogP contribution in [0.1, 0.15) is 17.8 Å². The van der Waals surface area contributed by atoms with Crippen LogP contribution in [0.4, 0.5) is 11.6 Å². The molecule has 3 rings (SSSR count). The fourth-order valence-electron chi connectivity index (χ4n) is 2.78. The molecule has 2 heterocycles. The molecule has 0 unspecified atom stereocenters. The lowest BCUT2D eigenvalue weighted by Crippen LogP contribution is -2.37. The molecular formula is C17H18BrN5O2. The number of hydrogen-bond donors (Lipinski definition) is 2. The molecule has 1 aromatic heterocycles. The zero-order chi connectivity index (χ0) is 18.0. The molecule has 1 aliphatic rings. The third-order valence-corrected chi connectivity index (χ3v) is 4.39. The number of halogens is 1. The van der Waals surface area contributed by atoms with Crippen molar-refractivity contribution in [1.82, 2.24) is 15.4 Å². The molecule has 0 saturated carbocycles. The van der Waals surface area contributed by atoms with E-state index in [1.54, 1.807) is 4.90 Å². The molecule has 1 atom stereocenters. The fourth-order valence-corrected chi connectivity index (χ4v) is 3.17. The van der Waals surface area contributed by atoms with Crippen LogP contribution in [0.3, 0.4) is 0 Å². The first-order valence-corrected chi connectivity index (χ1v) is 8.66. The summed E-state index contributed by atoms with van der Waals surface area (Å²) in [6.45, 7) is 4.05. The molecule has 1 saturated heterocycles. The summed E-state index contributed by atoms with van der Waals surface area (Å²) >= 11 is 3.39. The monoisotopic (exact) mass is 403 g/mol. The van der Waals surface area contributed by atoms with Crippen molar-refractivity contribution in [3.05, 3.63) is 46.2 Å². The van der Waals surface area contributed by atoms with E-state index >= 15 is 0 Å². The molecule has 130 valence electrons. The van der Waals surface area contributed by atoms with Crippen molar-refractivity contribution in [2.24, 2.45) is 5.92 Å². The Balaban J connectivity index is 1.62. The summed E-state index contributed by atoms with van der Waals surface area (Å²) in [5.74, 6) is -0.418. The minimum Gasteiger partial charge on any atom is -0.312 e. The molecule has 1 aromatic carbocycles. The van der Waals surface area contributed by atoms with Gasteiger partial charge in [-0.25, -0.2) is 9.97 Å². The van der Waals surface area contributed by atoms with E-state index in [1.165, 1.54) is 0 Å². The van der Waals surface area contributed by atoms with E-state index in [1.807, 2.05) is 44.2 Å². The highest BCUT2D eigenvalue weighted by atomic mass is 79.9. The topological polar surface area (TPSA) is 87.2 Å². The van der Waals surface area contributed by atoms with Gasteiger partial charge in [-0.3, -0.25) is 20.4 Å². The first-order valence-electron chi connectivity index (χ1n) is 7.86. The Kier molecular flexibility index (Phi) is 4.98. The molecule has 0 aliphatic carbocycles. The Bertz CT molecular complexity index is 806. The highest BCUT2D eigenvalue weighted by molar-refractivity contribution is 9.10. The standard InChI is InChI=1S/C17H18BrN5O2/c1-10-6-11(2)20-17(19-10)22-21-16(25)12-7-15(24)23(9-12)14-5-3-4-13(18)8-14/h3-6,8,12H,7,9H2,1-2H3,(H,21,25)(H,19,20,22)/t12-/m1/s1. The molecule has 2 N–H and O–H groups in total. The zero-order valence-electron chi connectivity index (χ0n) is 13.9. The number of rotatable bonds is 4. The molecule has 0 bridgehead atoms. The van der Waals surface area contributed by atoms with Crippen molar-refractivity contribution >= 4 is 39.4 Å². The number of aryl methyl sites for hydroxylation is 2. The van der Waals surface area contributed by atoms with Gasteiger partial charge in [-0.15, -0.1) is 0 Å². The van der Waals surface area contributed by atoms with Crippen LogP contribution in [-0.2, 0) is 9.59 Å². The quantitative estimate of drug-likeness (QED) is 0.764. The van der Waals surface area contributed by atoms with Crippen LogP contribution in [-0.4, -0.2) is 28.3 Å². The summed E-state index contributed by atoms with van der Waals surface area (Å²) in [5, 5.41) is 0. The predicted octanol–water partition coefficient (Wildman–Crippen LogP) is 2.35. The van der Waals surface area contributed by atoms with E-state index in [2.05, 4.69) is 36.7 Å². The summed E-state index contributed by atoms with van der Waals surface area (Å²) < 4.78 is 0.888. The second kappa shape index (κ2) is 7.18. The smallest absolute Gasteiger partial charge is 0.243 e. The van der Waals surface area contributed by atoms with E-state index in [0.29, 0.717) is 12.5 Å². The van der Waals surface area contributed by atoms with E-state index in [0.717, 1.165) is 21.5 Å². The van der Waals surface area contributed by atoms with Gasteiger partial charge >= 0.3 is 0 Å². The van der Waals surface area contributed by atoms with Gasteiger partial charge in [0.15, 0.2) is 0 Å². The van der Waals surface area contributed by atoms with Crippen molar-refractivity contribution in [3.8, 4) is 0 Å². The largest absolute Gasteiger partial charge is 0.312 e. The maximum absolute atomic E-state index is 12.4. The van der Waals surface area contributed by atoms with E-state index < -0.39 is 5.92 Å². The molecule has 0 spiro atoms. The SMILES string of the molecule is Cc1cc(C)nc(NNC(=O)[C@@H]2CC(=O)N(c3cccc(Br)c3)C2)n1. The van der Waals surface area contributed by atoms with Crippen LogP contribution in [0.15, 0.2) is 34.8 Å². The van der Waals surface area contributed by atoms with Gasteiger partial charge in [-0.05, 0) is 38.1 Å². The highest BCUT2D eigenvalue weighted by Gasteiger charge is 2.35. The van der Waals surface area contributed by atoms with Gasteiger partial charge in [0.05, 0.1) is 5.92 Å². The molecule has 2 aromatic rings. The summed E-state index contributed by atoms with van der Waals surface area (Å²) in [7, 11) is 0. The number of hydrazine groups is 1. The molecule has 8 heteroatoms. The van der Waals surface area contributed by atoms with Crippen LogP contribution in [0.5, 0.6) is 0 Å². The first-order chi connectivity index (χ1) is 11.9. The maximum atomic E-state index is 12.4. The minimum absolute atomic E-state index is 0.0686. The summed E-state index contributed by atoms with van der Waals surface area (Å²) in [6.07, 6.45) is 0.174. The van der Waals surface area contributed by atoms with Crippen LogP contribution < -0.4 is 15.8 Å². The van der Waals surface area contributed by atoms with Gasteiger partial charge in [0.25, 0.3) is 0 Å². The summed E-state index contributed by atoms with van der Waals surface area (Å²) in [5.41, 5.74) is 7.71. The lowest BCUT2D eigenvalue weighted by molar-refractivity contribution is -0.125. The van der Waals surface area contributed by atoms with Gasteiger partial charge in [-0.2, -0.15) is 0 Å². The Morgan fingerprint density at radius 2 is 1.96 bits per heavy atom. The molecule has 1 fully saturated rings. The predicted molar refractivity (Wildman–Crippen MR) is 97.9 cm³/mol. The number of nitrogens with zero attached hydrogens (tertiary/aromatic N) is 3. The Morgan fingerprint density at radius 1 is 1.24 bits per heavy atom. The number of amides is 2. The van der Waals surface area contributed by atoms with Crippen molar-refractivity contribution in [2.75, 3.05) is 16.9 Å². The Morgan fingerprint density at radius 3 is 2.64 bits per heavy atom. The van der Waals surface area contributed by atoms with Gasteiger partial charge in [0, 0.05) is 34.5 Å². The zero-order valence-corrected chi connectivity index (χ0v) is 15.5. The van der Waals surface area contributed by atoms with E-state index in [-0.39, 0.29) is 18.2 Å². The van der Waals surface area contributed by atoms with Gasteiger partial charge < -0.3 is 4.90 Å². The van der Waals surface area contributed by atoms with Crippen LogP contribution >= 0.6 is 15.9 Å². The molecule has 0 radical (unpaired) electrons. The van der Waals surface area contributed by atoms with Gasteiger partial charge in [0.2, 0.25) is 17.8 Å². The molecule has 1 aliphatic heterocycles. The molecule has 25 heavy (non-hydrogen) atoms. The van der Waals surface area contributed by atoms with Crippen molar-refractivity contribution in [3.63, 3.8) is 0 Å². The number of hydrogen-bond acceptors (Lipinski definition) is 5. The third kappa shape index (κ3) is 4.14. The van der Waals surface area contributed by atoms with Crippen LogP contribution in [0.2, 0.25) is 0 Å². The second-order valence-corrected chi connectivity index (χ2v) is 6.89. The van der Waals surface area contributed by atoms with Crippen LogP contribution in [0, 0.1) is 19.8 Å². The Labute approximate surface area is 153 Å². The summed E-state index contributed by atoms with van der Waals surface area (Å²) in [6, 6.07) is 9.31. The number of carbonyl (C=O) groups is 2. The highest BCUT2D eigenvalue weighted by Crippen LogP contribution is 2.27. The number of nitrogens with one attached hydrogen (secondary N) is 2. The number of anilines is 2. The summed E-state index contributed by atoms with van der Waals surface area (Å²) in [4.78, 5) is 34.6. The Hall–Kier alpha value is -2.48. The van der Waals surface area contributed by atoms with Crippen LogP contribution in [0.25, 0.3) is 0 Å². The normalized spacial score (nSPS) is 16.8. The lowest BCUT2D eigenvalue weighted by Gasteiger charge is -2.17. The maximum Gasteiger partial charge on any atom is 0.243 e. The second-order valence-electron chi connectivity index (χ2n) is 5.97. The number of carbonyl (C=O) groups excluding carboxylic acids is 2. The number of aromatic nitrogens is 2. The van der Waals surface area contributed by atoms with Gasteiger partial charge in [-0.1, -0.05) is 22.0 Å². The van der Waals surface area contributed by atoms with Gasteiger partial charge in [0.1, 0.15) is 0 Å². The molecule has 7 nitrogen and oxygen atoms in total. The number of benzene rings is 1.